The molecular weight excluding hydrogens is 414 g/mol. The van der Waals surface area contributed by atoms with Crippen molar-refractivity contribution < 1.29 is 14.4 Å². The summed E-state index contributed by atoms with van der Waals surface area (Å²) in [6.45, 7) is 5.82. The van der Waals surface area contributed by atoms with E-state index in [9.17, 15) is 14.4 Å². The summed E-state index contributed by atoms with van der Waals surface area (Å²) in [4.78, 5) is 39.4. The molecule has 1 atom stereocenters. The second-order valence-corrected chi connectivity index (χ2v) is 8.70. The zero-order valence-electron chi connectivity index (χ0n) is 17.9. The number of hydrogen-bond donors (Lipinski definition) is 2. The highest BCUT2D eigenvalue weighted by Crippen LogP contribution is 2.20. The predicted octanol–water partition coefficient (Wildman–Crippen LogP) is 4.22. The van der Waals surface area contributed by atoms with Crippen molar-refractivity contribution in [1.29, 1.82) is 0 Å². The minimum Gasteiger partial charge on any atom is -0.356 e. The Morgan fingerprint density at radius 1 is 1.03 bits per heavy atom. The summed E-state index contributed by atoms with van der Waals surface area (Å²) < 4.78 is 0. The highest BCUT2D eigenvalue weighted by molar-refractivity contribution is 6.30. The smallest absolute Gasteiger partial charge is 0.255 e. The van der Waals surface area contributed by atoms with Crippen LogP contribution in [0.25, 0.3) is 0 Å². The van der Waals surface area contributed by atoms with E-state index >= 15 is 0 Å². The lowest BCUT2D eigenvalue weighted by atomic mass is 9.96. The largest absolute Gasteiger partial charge is 0.356 e. The highest BCUT2D eigenvalue weighted by atomic mass is 35.5. The number of likely N-dealkylation sites (tertiary alicyclic amines) is 1. The number of halogens is 1. The number of anilines is 1. The minimum absolute atomic E-state index is 0.0199. The van der Waals surface area contributed by atoms with Crippen LogP contribution in [0.4, 0.5) is 5.69 Å². The molecule has 3 amide bonds. The van der Waals surface area contributed by atoms with Crippen molar-refractivity contribution in [2.45, 2.75) is 26.7 Å². The molecule has 31 heavy (non-hydrogen) atoms. The third-order valence-corrected chi connectivity index (χ3v) is 5.51. The summed E-state index contributed by atoms with van der Waals surface area (Å²) in [5.74, 6) is -0.108. The van der Waals surface area contributed by atoms with Crippen LogP contribution in [0.2, 0.25) is 5.02 Å². The van der Waals surface area contributed by atoms with Crippen LogP contribution in [0, 0.1) is 11.8 Å². The molecule has 0 aliphatic carbocycles. The van der Waals surface area contributed by atoms with Gasteiger partial charge in [-0.25, -0.2) is 0 Å². The van der Waals surface area contributed by atoms with Gasteiger partial charge in [-0.15, -0.1) is 0 Å². The van der Waals surface area contributed by atoms with Gasteiger partial charge in [0, 0.05) is 41.5 Å². The molecule has 0 unspecified atom stereocenters. The van der Waals surface area contributed by atoms with Crippen LogP contribution in [-0.2, 0) is 4.79 Å². The summed E-state index contributed by atoms with van der Waals surface area (Å²) in [5.41, 5.74) is 1.63. The van der Waals surface area contributed by atoms with Crippen LogP contribution < -0.4 is 10.6 Å². The molecule has 7 heteroatoms. The molecule has 2 N–H and O–H groups in total. The number of benzene rings is 2. The summed E-state index contributed by atoms with van der Waals surface area (Å²) in [6.07, 6.45) is 1.60. The average molecular weight is 442 g/mol. The van der Waals surface area contributed by atoms with E-state index in [1.165, 1.54) is 0 Å². The van der Waals surface area contributed by atoms with Gasteiger partial charge < -0.3 is 15.5 Å². The molecule has 1 saturated heterocycles. The Morgan fingerprint density at radius 2 is 1.68 bits per heavy atom. The SMILES string of the molecule is CC(C)CNC(=O)[C@H]1CCCN(C(=O)c2ccc(NC(=O)c3ccc(Cl)cc3)cc2)C1. The van der Waals surface area contributed by atoms with Crippen LogP contribution in [0.1, 0.15) is 47.4 Å². The lowest BCUT2D eigenvalue weighted by Gasteiger charge is -2.32. The molecule has 0 spiro atoms. The maximum atomic E-state index is 12.9. The molecule has 0 aromatic heterocycles. The molecule has 0 radical (unpaired) electrons. The molecule has 0 saturated carbocycles. The van der Waals surface area contributed by atoms with E-state index in [0.29, 0.717) is 47.4 Å². The Bertz CT molecular complexity index is 926. The Balaban J connectivity index is 1.58. The highest BCUT2D eigenvalue weighted by Gasteiger charge is 2.28. The first-order valence-corrected chi connectivity index (χ1v) is 10.9. The van der Waals surface area contributed by atoms with Crippen LogP contribution in [-0.4, -0.2) is 42.3 Å². The van der Waals surface area contributed by atoms with Crippen LogP contribution in [0.15, 0.2) is 48.5 Å². The molecule has 2 aromatic rings. The van der Waals surface area contributed by atoms with Crippen molar-refractivity contribution in [3.8, 4) is 0 Å². The average Bonchev–Trinajstić information content (AvgIpc) is 2.78. The van der Waals surface area contributed by atoms with Gasteiger partial charge in [-0.05, 0) is 67.3 Å². The van der Waals surface area contributed by atoms with Gasteiger partial charge in [0.1, 0.15) is 0 Å². The number of hydrogen-bond acceptors (Lipinski definition) is 3. The topological polar surface area (TPSA) is 78.5 Å². The van der Waals surface area contributed by atoms with Gasteiger partial charge in [0.2, 0.25) is 5.91 Å². The number of amides is 3. The zero-order valence-corrected chi connectivity index (χ0v) is 18.6. The van der Waals surface area contributed by atoms with Gasteiger partial charge in [-0.3, -0.25) is 14.4 Å². The van der Waals surface area contributed by atoms with Crippen molar-refractivity contribution in [2.75, 3.05) is 25.0 Å². The van der Waals surface area contributed by atoms with Gasteiger partial charge in [-0.1, -0.05) is 25.4 Å². The van der Waals surface area contributed by atoms with Crippen LogP contribution in [0.3, 0.4) is 0 Å². The van der Waals surface area contributed by atoms with Gasteiger partial charge in [0.25, 0.3) is 11.8 Å². The minimum atomic E-state index is -0.248. The van der Waals surface area contributed by atoms with E-state index in [2.05, 4.69) is 24.5 Å². The van der Waals surface area contributed by atoms with E-state index in [1.54, 1.807) is 53.4 Å². The Labute approximate surface area is 188 Å². The molecule has 1 heterocycles. The molecule has 164 valence electrons. The van der Waals surface area contributed by atoms with Gasteiger partial charge in [0.05, 0.1) is 5.92 Å². The first-order valence-electron chi connectivity index (χ1n) is 10.6. The first kappa shape index (κ1) is 22.8. The van der Waals surface area contributed by atoms with Crippen molar-refractivity contribution in [3.05, 3.63) is 64.7 Å². The number of rotatable bonds is 6. The maximum absolute atomic E-state index is 12.9. The van der Waals surface area contributed by atoms with Gasteiger partial charge in [0.15, 0.2) is 0 Å². The van der Waals surface area contributed by atoms with Crippen molar-refractivity contribution in [1.82, 2.24) is 10.2 Å². The first-order chi connectivity index (χ1) is 14.8. The van der Waals surface area contributed by atoms with Crippen LogP contribution >= 0.6 is 11.6 Å². The monoisotopic (exact) mass is 441 g/mol. The maximum Gasteiger partial charge on any atom is 0.255 e. The van der Waals surface area contributed by atoms with Gasteiger partial charge in [-0.2, -0.15) is 0 Å². The Hall–Kier alpha value is -2.86. The number of nitrogens with one attached hydrogen (secondary N) is 2. The Morgan fingerprint density at radius 3 is 2.32 bits per heavy atom. The summed E-state index contributed by atoms with van der Waals surface area (Å²) in [6, 6.07) is 13.4. The fourth-order valence-corrected chi connectivity index (χ4v) is 3.63. The van der Waals surface area contributed by atoms with Crippen molar-refractivity contribution in [3.63, 3.8) is 0 Å². The van der Waals surface area contributed by atoms with E-state index in [-0.39, 0.29) is 23.6 Å². The fourth-order valence-electron chi connectivity index (χ4n) is 3.51. The molecule has 0 bridgehead atoms. The Kier molecular flexibility index (Phi) is 7.69. The standard InChI is InChI=1S/C24H28ClN3O3/c1-16(2)14-26-22(29)19-4-3-13-28(15-19)24(31)18-7-11-21(12-8-18)27-23(30)17-5-9-20(25)10-6-17/h5-12,16,19H,3-4,13-15H2,1-2H3,(H,26,29)(H,27,30)/t19-/m0/s1. The molecular formula is C24H28ClN3O3. The number of piperidine rings is 1. The normalized spacial score (nSPS) is 16.1. The molecule has 3 rings (SSSR count). The lowest BCUT2D eigenvalue weighted by molar-refractivity contribution is -0.126. The second kappa shape index (κ2) is 10.4. The third kappa shape index (κ3) is 6.31. The third-order valence-electron chi connectivity index (χ3n) is 5.26. The predicted molar refractivity (Wildman–Crippen MR) is 122 cm³/mol. The molecule has 6 nitrogen and oxygen atoms in total. The number of carbonyl (C=O) groups excluding carboxylic acids is 3. The summed E-state index contributed by atoms with van der Waals surface area (Å²) >= 11 is 5.85. The molecule has 2 aromatic carbocycles. The quantitative estimate of drug-likeness (QED) is 0.704. The zero-order chi connectivity index (χ0) is 22.4. The lowest BCUT2D eigenvalue weighted by Crippen LogP contribution is -2.46. The van der Waals surface area contributed by atoms with Crippen molar-refractivity contribution in [2.24, 2.45) is 11.8 Å². The van der Waals surface area contributed by atoms with E-state index < -0.39 is 0 Å². The molecule has 1 aliphatic heterocycles. The van der Waals surface area contributed by atoms with E-state index in [1.807, 2.05) is 0 Å². The van der Waals surface area contributed by atoms with E-state index in [0.717, 1.165) is 12.8 Å². The molecule has 1 fully saturated rings. The van der Waals surface area contributed by atoms with Gasteiger partial charge >= 0.3 is 0 Å². The number of carbonyl (C=O) groups is 3. The van der Waals surface area contributed by atoms with Crippen molar-refractivity contribution >= 4 is 35.0 Å². The van der Waals surface area contributed by atoms with E-state index in [4.69, 9.17) is 11.6 Å². The molecule has 1 aliphatic rings. The fraction of sp³-hybridized carbons (Fsp3) is 0.375. The number of nitrogens with zero attached hydrogens (tertiary/aromatic N) is 1. The summed E-state index contributed by atoms with van der Waals surface area (Å²) in [5, 5.41) is 6.34. The van der Waals surface area contributed by atoms with Crippen LogP contribution in [0.5, 0.6) is 0 Å². The summed E-state index contributed by atoms with van der Waals surface area (Å²) in [7, 11) is 0. The second-order valence-electron chi connectivity index (χ2n) is 8.27.